The lowest BCUT2D eigenvalue weighted by atomic mass is 10.4. The molecule has 0 bridgehead atoms. The molecule has 0 atom stereocenters. The first-order valence-electron chi connectivity index (χ1n) is 3.45. The molecular weight excluding hydrogens is 136 g/mol. The molecule has 0 saturated carbocycles. The summed E-state index contributed by atoms with van der Waals surface area (Å²) in [5.74, 6) is 0. The number of nitrogens with two attached hydrogens (primary N) is 1. The van der Waals surface area contributed by atoms with Crippen molar-refractivity contribution in [2.24, 2.45) is 12.8 Å². The quantitative estimate of drug-likeness (QED) is 0.582. The van der Waals surface area contributed by atoms with Gasteiger partial charge in [0.2, 0.25) is 0 Å². The number of hydrogen-bond donors (Lipinski definition) is 1. The number of rotatable bonds is 1. The van der Waals surface area contributed by atoms with Crippen LogP contribution in [0, 0.1) is 0 Å². The largest absolute Gasteiger partial charge is 0.403 e. The van der Waals surface area contributed by atoms with Crippen LogP contribution in [-0.4, -0.2) is 4.57 Å². The van der Waals surface area contributed by atoms with Gasteiger partial charge < -0.3 is 10.3 Å². The van der Waals surface area contributed by atoms with E-state index >= 15 is 0 Å². The van der Waals surface area contributed by atoms with E-state index < -0.39 is 0 Å². The predicted molar refractivity (Wildman–Crippen MR) is 48.0 cm³/mol. The second-order valence-electron chi connectivity index (χ2n) is 2.34. The highest BCUT2D eigenvalue weighted by atomic mass is 14.9. The average molecular weight is 148 g/mol. The van der Waals surface area contributed by atoms with Gasteiger partial charge in [0.25, 0.3) is 0 Å². The zero-order valence-corrected chi connectivity index (χ0v) is 6.62. The SMILES string of the molecule is C=C/C=c1/ccn(C)/c1=C/N. The number of nitrogens with zero attached hydrogens (tertiary/aromatic N) is 1. The molecule has 0 amide bonds. The maximum absolute atomic E-state index is 5.43. The maximum Gasteiger partial charge on any atom is 0.0635 e. The standard InChI is InChI=1S/C9H12N2/c1-3-4-8-5-6-11(2)9(8)7-10/h3-7H,1,10H2,2H3/b8-4-,9-7+. The van der Waals surface area contributed by atoms with Gasteiger partial charge in [0, 0.05) is 24.7 Å². The third kappa shape index (κ3) is 1.34. The number of aryl methyl sites for hydroxylation is 1. The van der Waals surface area contributed by atoms with E-state index in [0.717, 1.165) is 10.6 Å². The minimum absolute atomic E-state index is 1.02. The Bertz CT molecular complexity index is 357. The van der Waals surface area contributed by atoms with Crippen molar-refractivity contribution < 1.29 is 0 Å². The van der Waals surface area contributed by atoms with E-state index in [2.05, 4.69) is 6.58 Å². The van der Waals surface area contributed by atoms with Gasteiger partial charge in [-0.15, -0.1) is 0 Å². The molecule has 0 fully saturated rings. The second kappa shape index (κ2) is 3.10. The maximum atomic E-state index is 5.43. The molecule has 2 N–H and O–H groups in total. The lowest BCUT2D eigenvalue weighted by molar-refractivity contribution is 0.887. The highest BCUT2D eigenvalue weighted by Gasteiger charge is 1.86. The molecule has 1 aromatic rings. The van der Waals surface area contributed by atoms with Crippen LogP contribution in [0.3, 0.4) is 0 Å². The van der Waals surface area contributed by atoms with E-state index in [1.165, 1.54) is 0 Å². The van der Waals surface area contributed by atoms with Crippen LogP contribution in [-0.2, 0) is 7.05 Å². The number of aromatic nitrogens is 1. The molecule has 0 aliphatic heterocycles. The minimum Gasteiger partial charge on any atom is -0.403 e. The Morgan fingerprint density at radius 2 is 2.36 bits per heavy atom. The monoisotopic (exact) mass is 148 g/mol. The minimum atomic E-state index is 1.02. The second-order valence-corrected chi connectivity index (χ2v) is 2.34. The van der Waals surface area contributed by atoms with Crippen LogP contribution in [0.25, 0.3) is 12.3 Å². The van der Waals surface area contributed by atoms with Crippen LogP contribution < -0.4 is 16.3 Å². The topological polar surface area (TPSA) is 30.9 Å². The van der Waals surface area contributed by atoms with Gasteiger partial charge in [-0.05, 0) is 6.07 Å². The van der Waals surface area contributed by atoms with Crippen molar-refractivity contribution in [3.05, 3.63) is 35.5 Å². The Labute approximate surface area is 65.9 Å². The normalized spacial score (nSPS) is 13.9. The molecule has 2 heteroatoms. The van der Waals surface area contributed by atoms with E-state index in [4.69, 9.17) is 5.73 Å². The van der Waals surface area contributed by atoms with Gasteiger partial charge in [-0.1, -0.05) is 18.7 Å². The van der Waals surface area contributed by atoms with E-state index in [1.54, 1.807) is 12.3 Å². The van der Waals surface area contributed by atoms with Crippen molar-refractivity contribution >= 4 is 12.3 Å². The van der Waals surface area contributed by atoms with Crippen molar-refractivity contribution in [1.82, 2.24) is 4.57 Å². The van der Waals surface area contributed by atoms with Gasteiger partial charge in [-0.2, -0.15) is 0 Å². The van der Waals surface area contributed by atoms with Gasteiger partial charge in [0.1, 0.15) is 0 Å². The highest BCUT2D eigenvalue weighted by molar-refractivity contribution is 5.36. The molecule has 11 heavy (non-hydrogen) atoms. The summed E-state index contributed by atoms with van der Waals surface area (Å²) >= 11 is 0. The lowest BCUT2D eigenvalue weighted by Crippen LogP contribution is -2.28. The summed E-state index contributed by atoms with van der Waals surface area (Å²) in [6.07, 6.45) is 7.24. The Morgan fingerprint density at radius 1 is 1.64 bits per heavy atom. The molecule has 0 saturated heterocycles. The van der Waals surface area contributed by atoms with E-state index in [-0.39, 0.29) is 0 Å². The van der Waals surface area contributed by atoms with E-state index in [0.29, 0.717) is 0 Å². The first kappa shape index (κ1) is 7.66. The molecule has 0 unspecified atom stereocenters. The van der Waals surface area contributed by atoms with Crippen LogP contribution in [0.1, 0.15) is 0 Å². The van der Waals surface area contributed by atoms with Crippen molar-refractivity contribution in [3.8, 4) is 0 Å². The average Bonchev–Trinajstić information content (AvgIpc) is 2.33. The molecule has 0 aliphatic carbocycles. The highest BCUT2D eigenvalue weighted by Crippen LogP contribution is 1.70. The summed E-state index contributed by atoms with van der Waals surface area (Å²) in [5.41, 5.74) is 5.43. The van der Waals surface area contributed by atoms with Crippen molar-refractivity contribution in [3.63, 3.8) is 0 Å². The van der Waals surface area contributed by atoms with Crippen LogP contribution in [0.15, 0.2) is 24.9 Å². The number of hydrogen-bond acceptors (Lipinski definition) is 1. The molecule has 0 spiro atoms. The lowest BCUT2D eigenvalue weighted by Gasteiger charge is -1.87. The Balaban J connectivity index is 3.52. The smallest absolute Gasteiger partial charge is 0.0635 e. The van der Waals surface area contributed by atoms with Gasteiger partial charge in [-0.3, -0.25) is 0 Å². The van der Waals surface area contributed by atoms with Gasteiger partial charge in [0.05, 0.1) is 5.35 Å². The Morgan fingerprint density at radius 3 is 2.91 bits per heavy atom. The molecule has 0 aliphatic rings. The van der Waals surface area contributed by atoms with Crippen molar-refractivity contribution in [2.75, 3.05) is 0 Å². The van der Waals surface area contributed by atoms with Crippen LogP contribution in [0.5, 0.6) is 0 Å². The third-order valence-corrected chi connectivity index (χ3v) is 1.61. The first-order valence-corrected chi connectivity index (χ1v) is 3.45. The van der Waals surface area contributed by atoms with Gasteiger partial charge >= 0.3 is 0 Å². The van der Waals surface area contributed by atoms with Gasteiger partial charge in [0.15, 0.2) is 0 Å². The predicted octanol–water partition coefficient (Wildman–Crippen LogP) is -0.312. The van der Waals surface area contributed by atoms with Crippen molar-refractivity contribution in [1.29, 1.82) is 0 Å². The number of allylic oxidation sites excluding steroid dienone is 1. The van der Waals surface area contributed by atoms with Gasteiger partial charge in [-0.25, -0.2) is 0 Å². The molecule has 2 nitrogen and oxygen atoms in total. The summed E-state index contributed by atoms with van der Waals surface area (Å²) in [6, 6.07) is 2.00. The Hall–Kier alpha value is -1.44. The molecule has 1 aromatic heterocycles. The molecule has 0 radical (unpaired) electrons. The molecular formula is C9H12N2. The molecule has 1 heterocycles. The Kier molecular flexibility index (Phi) is 2.16. The zero-order valence-electron chi connectivity index (χ0n) is 6.62. The summed E-state index contributed by atoms with van der Waals surface area (Å²) in [5, 5.41) is 2.12. The van der Waals surface area contributed by atoms with Crippen LogP contribution in [0.2, 0.25) is 0 Å². The fourth-order valence-electron chi connectivity index (χ4n) is 1.04. The van der Waals surface area contributed by atoms with Crippen LogP contribution in [0.4, 0.5) is 0 Å². The summed E-state index contributed by atoms with van der Waals surface area (Å²) < 4.78 is 1.97. The van der Waals surface area contributed by atoms with E-state index in [1.807, 2.05) is 30.0 Å². The molecule has 0 aromatic carbocycles. The third-order valence-electron chi connectivity index (χ3n) is 1.61. The van der Waals surface area contributed by atoms with Crippen molar-refractivity contribution in [2.45, 2.75) is 0 Å². The summed E-state index contributed by atoms with van der Waals surface area (Å²) in [6.45, 7) is 3.62. The summed E-state index contributed by atoms with van der Waals surface area (Å²) in [4.78, 5) is 0. The fourth-order valence-corrected chi connectivity index (χ4v) is 1.04. The first-order chi connectivity index (χ1) is 5.29. The summed E-state index contributed by atoms with van der Waals surface area (Å²) in [7, 11) is 1.96. The molecule has 1 rings (SSSR count). The fraction of sp³-hybridized carbons (Fsp3) is 0.111. The van der Waals surface area contributed by atoms with Crippen LogP contribution >= 0.6 is 0 Å². The van der Waals surface area contributed by atoms with E-state index in [9.17, 15) is 0 Å². The zero-order chi connectivity index (χ0) is 8.27. The molecule has 58 valence electrons.